The van der Waals surface area contributed by atoms with Gasteiger partial charge in [0.05, 0.1) is 11.6 Å². The van der Waals surface area contributed by atoms with Crippen molar-refractivity contribution in [3.05, 3.63) is 65.0 Å². The maximum atomic E-state index is 14.2. The zero-order chi connectivity index (χ0) is 18.4. The minimum absolute atomic E-state index is 0.0793. The van der Waals surface area contributed by atoms with Crippen LogP contribution in [0.2, 0.25) is 0 Å². The maximum absolute atomic E-state index is 14.2. The highest BCUT2D eigenvalue weighted by atomic mass is 19.1. The average Bonchev–Trinajstić information content (AvgIpc) is 3.00. The molecule has 2 bridgehead atoms. The van der Waals surface area contributed by atoms with Gasteiger partial charge in [0.25, 0.3) is 5.91 Å². The normalized spacial score (nSPS) is 24.0. The molecule has 0 spiro atoms. The Morgan fingerprint density at radius 2 is 1.78 bits per heavy atom. The molecule has 140 valence electrons. The van der Waals surface area contributed by atoms with Crippen LogP contribution in [-0.2, 0) is 0 Å². The van der Waals surface area contributed by atoms with Gasteiger partial charge in [-0.2, -0.15) is 0 Å². The summed E-state index contributed by atoms with van der Waals surface area (Å²) in [6.07, 6.45) is 5.75. The Morgan fingerprint density at radius 3 is 2.59 bits per heavy atom. The fourth-order valence-electron chi connectivity index (χ4n) is 5.15. The van der Waals surface area contributed by atoms with Gasteiger partial charge in [0.15, 0.2) is 0 Å². The summed E-state index contributed by atoms with van der Waals surface area (Å²) in [6, 6.07) is 13.3. The number of fused-ring (bicyclic) bond motifs is 5. The molecule has 2 aliphatic heterocycles. The number of halogens is 1. The summed E-state index contributed by atoms with van der Waals surface area (Å²) in [6.45, 7) is 2.94. The fraction of sp³-hybridized carbons (Fsp3) is 0.435. The molecule has 1 amide bonds. The zero-order valence-corrected chi connectivity index (χ0v) is 15.5. The van der Waals surface area contributed by atoms with Crippen LogP contribution in [0.15, 0.2) is 42.5 Å². The van der Waals surface area contributed by atoms with Crippen LogP contribution in [0.3, 0.4) is 0 Å². The zero-order valence-electron chi connectivity index (χ0n) is 15.5. The lowest BCUT2D eigenvalue weighted by molar-refractivity contribution is 0.0615. The molecule has 3 nitrogen and oxygen atoms in total. The molecule has 0 N–H and O–H groups in total. The topological polar surface area (TPSA) is 23.6 Å². The van der Waals surface area contributed by atoms with Crippen LogP contribution in [-0.4, -0.2) is 30.4 Å². The van der Waals surface area contributed by atoms with Crippen molar-refractivity contribution in [2.24, 2.45) is 0 Å². The summed E-state index contributed by atoms with van der Waals surface area (Å²) < 4.78 is 14.2. The molecule has 2 heterocycles. The van der Waals surface area contributed by atoms with Crippen LogP contribution in [0.25, 0.3) is 0 Å². The van der Waals surface area contributed by atoms with Gasteiger partial charge < -0.3 is 9.80 Å². The second kappa shape index (κ2) is 6.66. The number of anilines is 1. The van der Waals surface area contributed by atoms with Crippen molar-refractivity contribution in [2.75, 3.05) is 24.5 Å². The van der Waals surface area contributed by atoms with E-state index in [-0.39, 0.29) is 17.5 Å². The monoisotopic (exact) mass is 364 g/mol. The predicted molar refractivity (Wildman–Crippen MR) is 105 cm³/mol. The van der Waals surface area contributed by atoms with Crippen LogP contribution in [0.1, 0.15) is 65.5 Å². The molecule has 2 aromatic carbocycles. The van der Waals surface area contributed by atoms with Crippen LogP contribution >= 0.6 is 0 Å². The molecule has 0 saturated carbocycles. The second-order valence-corrected chi connectivity index (χ2v) is 8.08. The van der Waals surface area contributed by atoms with E-state index in [4.69, 9.17) is 0 Å². The number of likely N-dealkylation sites (tertiary alicyclic amines) is 1. The van der Waals surface area contributed by atoms with E-state index in [1.807, 2.05) is 4.90 Å². The lowest BCUT2D eigenvalue weighted by atomic mass is 9.95. The molecule has 2 fully saturated rings. The first-order valence-corrected chi connectivity index (χ1v) is 10.2. The summed E-state index contributed by atoms with van der Waals surface area (Å²) in [4.78, 5) is 17.5. The van der Waals surface area contributed by atoms with E-state index in [0.29, 0.717) is 12.5 Å². The Balaban J connectivity index is 1.48. The summed E-state index contributed by atoms with van der Waals surface area (Å²) in [5.74, 6) is -0.0669. The third-order valence-corrected chi connectivity index (χ3v) is 6.56. The van der Waals surface area contributed by atoms with Crippen LogP contribution in [0, 0.1) is 5.82 Å². The molecule has 0 radical (unpaired) electrons. The van der Waals surface area contributed by atoms with Gasteiger partial charge in [-0.1, -0.05) is 18.2 Å². The van der Waals surface area contributed by atoms with Gasteiger partial charge in [-0.3, -0.25) is 4.79 Å². The van der Waals surface area contributed by atoms with Gasteiger partial charge in [-0.15, -0.1) is 0 Å². The van der Waals surface area contributed by atoms with E-state index in [1.165, 1.54) is 42.1 Å². The lowest BCUT2D eigenvalue weighted by Crippen LogP contribution is -2.38. The molecular formula is C23H25FN2O. The number of rotatable bonds is 2. The molecule has 4 heteroatoms. The first kappa shape index (κ1) is 16.8. The number of nitrogens with zero attached hydrogens (tertiary/aromatic N) is 2. The standard InChI is InChI=1S/C23H25FN2O/c24-21-7-3-2-6-19(21)23(27)26-13-10-16-14-22(26)20-15-17(8-9-18(16)20)25-11-4-1-5-12-25/h2-3,6-9,15-16,22H,1,4-5,10-14H2/t16?,22-/m1/s1. The number of carbonyl (C=O) groups is 1. The fourth-order valence-corrected chi connectivity index (χ4v) is 5.15. The third kappa shape index (κ3) is 2.82. The molecular weight excluding hydrogens is 339 g/mol. The predicted octanol–water partition coefficient (Wildman–Crippen LogP) is 4.89. The van der Waals surface area contributed by atoms with E-state index >= 15 is 0 Å². The molecule has 1 unspecified atom stereocenters. The van der Waals surface area contributed by atoms with Crippen molar-refractivity contribution in [1.29, 1.82) is 0 Å². The molecule has 1 aliphatic carbocycles. The van der Waals surface area contributed by atoms with Crippen LogP contribution in [0.4, 0.5) is 10.1 Å². The van der Waals surface area contributed by atoms with E-state index in [2.05, 4.69) is 23.1 Å². The van der Waals surface area contributed by atoms with Crippen molar-refractivity contribution >= 4 is 11.6 Å². The van der Waals surface area contributed by atoms with Gasteiger partial charge in [0.2, 0.25) is 0 Å². The quantitative estimate of drug-likeness (QED) is 0.757. The van der Waals surface area contributed by atoms with Crippen molar-refractivity contribution in [2.45, 2.75) is 44.1 Å². The minimum atomic E-state index is -0.426. The summed E-state index contributed by atoms with van der Waals surface area (Å²) in [5, 5.41) is 0. The maximum Gasteiger partial charge on any atom is 0.257 e. The number of benzene rings is 2. The number of carbonyl (C=O) groups excluding carboxylic acids is 1. The van der Waals surface area contributed by atoms with Crippen LogP contribution < -0.4 is 4.90 Å². The first-order valence-electron chi connectivity index (χ1n) is 10.2. The summed E-state index contributed by atoms with van der Waals surface area (Å²) >= 11 is 0. The highest BCUT2D eigenvalue weighted by Gasteiger charge is 2.41. The Morgan fingerprint density at radius 1 is 0.963 bits per heavy atom. The SMILES string of the molecule is O=C(c1ccccc1F)N1CCC2C[C@@H]1c1cc(N3CCCCC3)ccc12. The van der Waals surface area contributed by atoms with E-state index in [0.717, 1.165) is 25.9 Å². The van der Waals surface area contributed by atoms with Crippen molar-refractivity contribution < 1.29 is 9.18 Å². The average molecular weight is 364 g/mol. The Kier molecular flexibility index (Phi) is 4.14. The molecule has 2 aromatic rings. The highest BCUT2D eigenvalue weighted by molar-refractivity contribution is 5.95. The highest BCUT2D eigenvalue weighted by Crippen LogP contribution is 2.50. The second-order valence-electron chi connectivity index (χ2n) is 8.08. The minimum Gasteiger partial charge on any atom is -0.372 e. The van der Waals surface area contributed by atoms with E-state index in [1.54, 1.807) is 18.2 Å². The molecule has 27 heavy (non-hydrogen) atoms. The Bertz CT molecular complexity index is 874. The smallest absolute Gasteiger partial charge is 0.257 e. The van der Waals surface area contributed by atoms with E-state index in [9.17, 15) is 9.18 Å². The van der Waals surface area contributed by atoms with Crippen LogP contribution in [0.5, 0.6) is 0 Å². The lowest BCUT2D eigenvalue weighted by Gasteiger charge is -2.34. The third-order valence-electron chi connectivity index (χ3n) is 6.56. The number of hydrogen-bond acceptors (Lipinski definition) is 2. The first-order chi connectivity index (χ1) is 13.2. The number of amides is 1. The van der Waals surface area contributed by atoms with Crippen molar-refractivity contribution in [3.8, 4) is 0 Å². The Labute approximate surface area is 159 Å². The Hall–Kier alpha value is -2.36. The summed E-state index contributed by atoms with van der Waals surface area (Å²) in [5.41, 5.74) is 4.14. The van der Waals surface area contributed by atoms with Gasteiger partial charge in [0.1, 0.15) is 5.82 Å². The molecule has 2 saturated heterocycles. The van der Waals surface area contributed by atoms with Gasteiger partial charge >= 0.3 is 0 Å². The number of piperidine rings is 2. The van der Waals surface area contributed by atoms with Gasteiger partial charge in [0, 0.05) is 25.3 Å². The molecule has 2 atom stereocenters. The van der Waals surface area contributed by atoms with Gasteiger partial charge in [-0.05, 0) is 73.4 Å². The van der Waals surface area contributed by atoms with Crippen molar-refractivity contribution in [3.63, 3.8) is 0 Å². The number of hydrogen-bond donors (Lipinski definition) is 0. The molecule has 5 rings (SSSR count). The largest absolute Gasteiger partial charge is 0.372 e. The summed E-state index contributed by atoms with van der Waals surface area (Å²) in [7, 11) is 0. The molecule has 3 aliphatic rings. The van der Waals surface area contributed by atoms with Gasteiger partial charge in [-0.25, -0.2) is 4.39 Å². The molecule has 0 aromatic heterocycles. The van der Waals surface area contributed by atoms with Crippen molar-refractivity contribution in [1.82, 2.24) is 4.90 Å². The van der Waals surface area contributed by atoms with E-state index < -0.39 is 5.82 Å².